The standard InChI is InChI=1S/C18H28N2O5/c1-18(2,3)25-17(22)20-15-6-4-5-14(11-15)12-16(21)13-24-10-9-23-8-7-19/h4-6,11H,7-10,12-13,19H2,1-3H3,(H,20,22). The van der Waals surface area contributed by atoms with Crippen molar-refractivity contribution in [3.05, 3.63) is 29.8 Å². The maximum absolute atomic E-state index is 11.9. The van der Waals surface area contributed by atoms with Crippen LogP contribution in [0.3, 0.4) is 0 Å². The number of amides is 1. The molecular formula is C18H28N2O5. The second kappa shape index (κ2) is 10.8. The van der Waals surface area contributed by atoms with Crippen LogP contribution in [0.4, 0.5) is 10.5 Å². The first-order valence-electron chi connectivity index (χ1n) is 8.26. The Morgan fingerprint density at radius 2 is 1.84 bits per heavy atom. The fraction of sp³-hybridized carbons (Fsp3) is 0.556. The second-order valence-corrected chi connectivity index (χ2v) is 6.50. The van der Waals surface area contributed by atoms with Crippen LogP contribution in [0.25, 0.3) is 0 Å². The van der Waals surface area contributed by atoms with Crippen molar-refractivity contribution in [3.63, 3.8) is 0 Å². The van der Waals surface area contributed by atoms with E-state index in [-0.39, 0.29) is 18.8 Å². The minimum absolute atomic E-state index is 0.0235. The number of nitrogens with one attached hydrogen (secondary N) is 1. The van der Waals surface area contributed by atoms with E-state index in [0.29, 0.717) is 32.1 Å². The van der Waals surface area contributed by atoms with Crippen LogP contribution in [0.15, 0.2) is 24.3 Å². The van der Waals surface area contributed by atoms with Gasteiger partial charge in [-0.2, -0.15) is 0 Å². The van der Waals surface area contributed by atoms with Gasteiger partial charge in [0.15, 0.2) is 5.78 Å². The predicted octanol–water partition coefficient (Wildman–Crippen LogP) is 2.14. The molecule has 1 amide bonds. The molecule has 0 aliphatic heterocycles. The minimum atomic E-state index is -0.567. The lowest BCUT2D eigenvalue weighted by molar-refractivity contribution is -0.123. The number of hydrogen-bond donors (Lipinski definition) is 2. The average molecular weight is 352 g/mol. The number of carbonyl (C=O) groups excluding carboxylic acids is 2. The Hall–Kier alpha value is -1.96. The second-order valence-electron chi connectivity index (χ2n) is 6.50. The lowest BCUT2D eigenvalue weighted by Crippen LogP contribution is -2.27. The first-order chi connectivity index (χ1) is 11.8. The van der Waals surface area contributed by atoms with Crippen LogP contribution < -0.4 is 11.1 Å². The number of ether oxygens (including phenoxy) is 3. The van der Waals surface area contributed by atoms with Crippen LogP contribution in [0.5, 0.6) is 0 Å². The summed E-state index contributed by atoms with van der Waals surface area (Å²) in [5.41, 5.74) is 6.10. The van der Waals surface area contributed by atoms with Crippen molar-refractivity contribution < 1.29 is 23.8 Å². The molecule has 0 fully saturated rings. The molecule has 7 heteroatoms. The van der Waals surface area contributed by atoms with Gasteiger partial charge in [-0.25, -0.2) is 4.79 Å². The van der Waals surface area contributed by atoms with Gasteiger partial charge in [0.25, 0.3) is 0 Å². The highest BCUT2D eigenvalue weighted by atomic mass is 16.6. The lowest BCUT2D eigenvalue weighted by atomic mass is 10.1. The molecule has 0 saturated carbocycles. The van der Waals surface area contributed by atoms with Gasteiger partial charge in [-0.15, -0.1) is 0 Å². The molecule has 1 aromatic carbocycles. The van der Waals surface area contributed by atoms with Gasteiger partial charge < -0.3 is 19.9 Å². The van der Waals surface area contributed by atoms with Gasteiger partial charge in [-0.3, -0.25) is 10.1 Å². The fourth-order valence-electron chi connectivity index (χ4n) is 1.95. The van der Waals surface area contributed by atoms with E-state index in [2.05, 4.69) is 5.32 Å². The van der Waals surface area contributed by atoms with E-state index in [4.69, 9.17) is 19.9 Å². The Bertz CT molecular complexity index is 555. The highest BCUT2D eigenvalue weighted by Crippen LogP contribution is 2.14. The van der Waals surface area contributed by atoms with Crippen molar-refractivity contribution in [1.29, 1.82) is 0 Å². The molecule has 0 aliphatic carbocycles. The van der Waals surface area contributed by atoms with E-state index in [1.54, 1.807) is 39.0 Å². The molecular weight excluding hydrogens is 324 g/mol. The Kier molecular flexibility index (Phi) is 9.12. The number of nitrogens with two attached hydrogens (primary N) is 1. The third-order valence-corrected chi connectivity index (χ3v) is 2.87. The third-order valence-electron chi connectivity index (χ3n) is 2.87. The van der Waals surface area contributed by atoms with Gasteiger partial charge in [0.05, 0.1) is 19.8 Å². The molecule has 0 atom stereocenters. The molecule has 140 valence electrons. The molecule has 1 rings (SSSR count). The number of anilines is 1. The van der Waals surface area contributed by atoms with E-state index in [1.807, 2.05) is 6.07 Å². The summed E-state index contributed by atoms with van der Waals surface area (Å²) < 4.78 is 15.6. The van der Waals surface area contributed by atoms with Crippen molar-refractivity contribution >= 4 is 17.6 Å². The number of ketones is 1. The third kappa shape index (κ3) is 10.5. The molecule has 0 bridgehead atoms. The van der Waals surface area contributed by atoms with E-state index in [0.717, 1.165) is 5.56 Å². The van der Waals surface area contributed by atoms with Gasteiger partial charge in [0.1, 0.15) is 12.2 Å². The molecule has 0 radical (unpaired) electrons. The van der Waals surface area contributed by atoms with Crippen LogP contribution in [-0.4, -0.2) is 50.4 Å². The zero-order valence-electron chi connectivity index (χ0n) is 15.2. The predicted molar refractivity (Wildman–Crippen MR) is 95.7 cm³/mol. The summed E-state index contributed by atoms with van der Waals surface area (Å²) in [6, 6.07) is 7.08. The maximum atomic E-state index is 11.9. The van der Waals surface area contributed by atoms with Crippen molar-refractivity contribution in [2.24, 2.45) is 5.73 Å². The van der Waals surface area contributed by atoms with Gasteiger partial charge in [-0.1, -0.05) is 12.1 Å². The van der Waals surface area contributed by atoms with E-state index < -0.39 is 11.7 Å². The van der Waals surface area contributed by atoms with Crippen molar-refractivity contribution in [2.45, 2.75) is 32.8 Å². The first kappa shape index (κ1) is 21.1. The average Bonchev–Trinajstić information content (AvgIpc) is 2.49. The summed E-state index contributed by atoms with van der Waals surface area (Å²) in [6.45, 7) is 7.12. The summed E-state index contributed by atoms with van der Waals surface area (Å²) in [5, 5.41) is 2.65. The number of rotatable bonds is 10. The van der Waals surface area contributed by atoms with E-state index >= 15 is 0 Å². The number of Topliss-reactive ketones (excluding diaryl/α,β-unsaturated/α-hetero) is 1. The molecule has 3 N–H and O–H groups in total. The Morgan fingerprint density at radius 3 is 2.52 bits per heavy atom. The molecule has 0 aliphatic rings. The van der Waals surface area contributed by atoms with Gasteiger partial charge in [-0.05, 0) is 38.5 Å². The fourth-order valence-corrected chi connectivity index (χ4v) is 1.95. The summed E-state index contributed by atoms with van der Waals surface area (Å²) in [6.07, 6.45) is -0.301. The van der Waals surface area contributed by atoms with Crippen LogP contribution in [-0.2, 0) is 25.4 Å². The minimum Gasteiger partial charge on any atom is -0.444 e. The first-order valence-corrected chi connectivity index (χ1v) is 8.26. The molecule has 0 unspecified atom stereocenters. The largest absolute Gasteiger partial charge is 0.444 e. The Morgan fingerprint density at radius 1 is 1.12 bits per heavy atom. The number of hydrogen-bond acceptors (Lipinski definition) is 6. The zero-order valence-corrected chi connectivity index (χ0v) is 15.2. The molecule has 7 nitrogen and oxygen atoms in total. The number of benzene rings is 1. The van der Waals surface area contributed by atoms with Crippen molar-refractivity contribution in [2.75, 3.05) is 38.3 Å². The van der Waals surface area contributed by atoms with Gasteiger partial charge in [0, 0.05) is 18.7 Å². The molecule has 0 spiro atoms. The van der Waals surface area contributed by atoms with Crippen LogP contribution in [0, 0.1) is 0 Å². The van der Waals surface area contributed by atoms with Gasteiger partial charge >= 0.3 is 6.09 Å². The van der Waals surface area contributed by atoms with E-state index in [9.17, 15) is 9.59 Å². The molecule has 1 aromatic rings. The summed E-state index contributed by atoms with van der Waals surface area (Å²) >= 11 is 0. The molecule has 0 saturated heterocycles. The van der Waals surface area contributed by atoms with Crippen molar-refractivity contribution in [3.8, 4) is 0 Å². The smallest absolute Gasteiger partial charge is 0.412 e. The van der Waals surface area contributed by atoms with Crippen LogP contribution in [0.2, 0.25) is 0 Å². The maximum Gasteiger partial charge on any atom is 0.412 e. The summed E-state index contributed by atoms with van der Waals surface area (Å²) in [4.78, 5) is 23.7. The van der Waals surface area contributed by atoms with Gasteiger partial charge in [0.2, 0.25) is 0 Å². The Labute approximate surface area is 148 Å². The molecule has 0 aromatic heterocycles. The quantitative estimate of drug-likeness (QED) is 0.626. The number of carbonyl (C=O) groups is 2. The normalized spacial score (nSPS) is 11.2. The zero-order chi connectivity index (χ0) is 18.7. The monoisotopic (exact) mass is 352 g/mol. The van der Waals surface area contributed by atoms with Crippen molar-refractivity contribution in [1.82, 2.24) is 0 Å². The lowest BCUT2D eigenvalue weighted by Gasteiger charge is -2.19. The summed E-state index contributed by atoms with van der Waals surface area (Å²) in [7, 11) is 0. The highest BCUT2D eigenvalue weighted by Gasteiger charge is 2.16. The van der Waals surface area contributed by atoms with E-state index in [1.165, 1.54) is 0 Å². The highest BCUT2D eigenvalue weighted by molar-refractivity contribution is 5.86. The molecule has 25 heavy (non-hydrogen) atoms. The topological polar surface area (TPSA) is 99.9 Å². The summed E-state index contributed by atoms with van der Waals surface area (Å²) in [5.74, 6) is -0.0479. The van der Waals surface area contributed by atoms with Crippen LogP contribution >= 0.6 is 0 Å². The SMILES string of the molecule is CC(C)(C)OC(=O)Nc1cccc(CC(=O)COCCOCCN)c1. The Balaban J connectivity index is 2.39. The van der Waals surface area contributed by atoms with Crippen LogP contribution in [0.1, 0.15) is 26.3 Å². The molecule has 0 heterocycles.